The first kappa shape index (κ1) is 18.5. The number of aromatic nitrogens is 2. The third kappa shape index (κ3) is 4.11. The number of nitrogens with zero attached hydrogens (tertiary/aromatic N) is 1. The minimum absolute atomic E-state index is 0.0803. The number of H-pyrrole nitrogens is 1. The Morgan fingerprint density at radius 1 is 1.19 bits per heavy atom. The van der Waals surface area contributed by atoms with Crippen molar-refractivity contribution < 1.29 is 9.53 Å². The van der Waals surface area contributed by atoms with Crippen LogP contribution in [0.1, 0.15) is 45.8 Å². The lowest BCUT2D eigenvalue weighted by Gasteiger charge is -2.21. The van der Waals surface area contributed by atoms with Crippen LogP contribution in [0.4, 0.5) is 5.69 Å². The summed E-state index contributed by atoms with van der Waals surface area (Å²) in [6, 6.07) is 15.1. The minimum atomic E-state index is -0.504. The van der Waals surface area contributed by atoms with Gasteiger partial charge in [-0.15, -0.1) is 0 Å². The van der Waals surface area contributed by atoms with Crippen LogP contribution in [-0.4, -0.2) is 16.1 Å². The summed E-state index contributed by atoms with van der Waals surface area (Å²) in [6.07, 6.45) is 0. The smallest absolute Gasteiger partial charge is 0.250 e. The Kier molecular flexibility index (Phi) is 5.45. The average Bonchev–Trinajstić information content (AvgIpc) is 2.99. The van der Waals surface area contributed by atoms with Gasteiger partial charge in [-0.25, -0.2) is 0 Å². The van der Waals surface area contributed by atoms with Gasteiger partial charge in [0.1, 0.15) is 12.4 Å². The monoisotopic (exact) mass is 364 g/mol. The molecular weight excluding hydrogens is 340 g/mol. The summed E-state index contributed by atoms with van der Waals surface area (Å²) in [7, 11) is 0. The van der Waals surface area contributed by atoms with E-state index in [1.807, 2.05) is 57.2 Å². The van der Waals surface area contributed by atoms with Gasteiger partial charge in [-0.1, -0.05) is 36.4 Å². The number of carbonyl (C=O) groups excluding carboxylic acids is 1. The van der Waals surface area contributed by atoms with E-state index in [2.05, 4.69) is 15.5 Å². The Balaban J connectivity index is 1.90. The van der Waals surface area contributed by atoms with Crippen molar-refractivity contribution in [3.63, 3.8) is 0 Å². The topological polar surface area (TPSA) is 93.0 Å². The van der Waals surface area contributed by atoms with E-state index in [9.17, 15) is 4.79 Å². The molecule has 0 aliphatic heterocycles. The van der Waals surface area contributed by atoms with Gasteiger partial charge in [-0.2, -0.15) is 5.10 Å². The van der Waals surface area contributed by atoms with E-state index in [4.69, 9.17) is 10.5 Å². The van der Waals surface area contributed by atoms with Gasteiger partial charge < -0.3 is 15.8 Å². The van der Waals surface area contributed by atoms with Crippen LogP contribution in [0.5, 0.6) is 5.75 Å². The fourth-order valence-electron chi connectivity index (χ4n) is 3.23. The second kappa shape index (κ2) is 7.95. The fourth-order valence-corrected chi connectivity index (χ4v) is 3.23. The number of carbonyl (C=O) groups is 1. The van der Waals surface area contributed by atoms with Crippen LogP contribution in [0.3, 0.4) is 0 Å². The molecule has 140 valence electrons. The molecule has 1 amide bonds. The third-order valence-corrected chi connectivity index (χ3v) is 4.51. The van der Waals surface area contributed by atoms with Crippen LogP contribution < -0.4 is 15.8 Å². The molecule has 3 rings (SSSR count). The van der Waals surface area contributed by atoms with E-state index in [1.165, 1.54) is 0 Å². The van der Waals surface area contributed by atoms with Crippen molar-refractivity contribution in [2.45, 2.75) is 33.4 Å². The van der Waals surface area contributed by atoms with Crippen molar-refractivity contribution in [1.29, 1.82) is 0 Å². The van der Waals surface area contributed by atoms with Crippen LogP contribution >= 0.6 is 0 Å². The zero-order chi connectivity index (χ0) is 19.4. The molecule has 1 unspecified atom stereocenters. The molecule has 6 nitrogen and oxygen atoms in total. The van der Waals surface area contributed by atoms with Gasteiger partial charge in [-0.3, -0.25) is 9.89 Å². The number of nitrogens with one attached hydrogen (secondary N) is 2. The Labute approximate surface area is 158 Å². The number of nitrogens with two attached hydrogens (primary N) is 1. The molecule has 0 saturated carbocycles. The highest BCUT2D eigenvalue weighted by molar-refractivity contribution is 6.00. The number of aromatic amines is 1. The van der Waals surface area contributed by atoms with Crippen molar-refractivity contribution in [2.24, 2.45) is 5.73 Å². The van der Waals surface area contributed by atoms with Gasteiger partial charge in [-0.05, 0) is 38.5 Å². The summed E-state index contributed by atoms with van der Waals surface area (Å²) in [5.41, 5.74) is 10.6. The Morgan fingerprint density at radius 3 is 2.56 bits per heavy atom. The predicted molar refractivity (Wildman–Crippen MR) is 106 cm³/mol. The summed E-state index contributed by atoms with van der Waals surface area (Å²) >= 11 is 0. The quantitative estimate of drug-likeness (QED) is 0.593. The van der Waals surface area contributed by atoms with E-state index in [1.54, 1.807) is 12.1 Å². The van der Waals surface area contributed by atoms with Crippen molar-refractivity contribution in [3.8, 4) is 5.75 Å². The molecule has 0 spiro atoms. The number of amides is 1. The van der Waals surface area contributed by atoms with E-state index in [0.717, 1.165) is 22.5 Å². The van der Waals surface area contributed by atoms with Gasteiger partial charge in [0, 0.05) is 11.3 Å². The summed E-state index contributed by atoms with van der Waals surface area (Å²) in [6.45, 7) is 6.34. The number of aryl methyl sites for hydroxylation is 2. The number of primary amides is 1. The zero-order valence-corrected chi connectivity index (χ0v) is 15.7. The first-order valence-electron chi connectivity index (χ1n) is 8.85. The van der Waals surface area contributed by atoms with Crippen LogP contribution in [0.25, 0.3) is 0 Å². The summed E-state index contributed by atoms with van der Waals surface area (Å²) in [5.74, 6) is 0.0799. The molecule has 0 radical (unpaired) electrons. The predicted octanol–water partition coefficient (Wildman–Crippen LogP) is 3.88. The number of hydrogen-bond donors (Lipinski definition) is 3. The van der Waals surface area contributed by atoms with Gasteiger partial charge in [0.25, 0.3) is 5.91 Å². The first-order chi connectivity index (χ1) is 13.0. The maximum absolute atomic E-state index is 12.0. The number of hydrogen-bond acceptors (Lipinski definition) is 4. The molecule has 3 aromatic rings. The maximum atomic E-state index is 12.0. The number of anilines is 1. The third-order valence-electron chi connectivity index (χ3n) is 4.51. The van der Waals surface area contributed by atoms with E-state index < -0.39 is 5.91 Å². The Hall–Kier alpha value is -3.28. The summed E-state index contributed by atoms with van der Waals surface area (Å²) in [4.78, 5) is 12.0. The fraction of sp³-hybridized carbons (Fsp3) is 0.238. The summed E-state index contributed by atoms with van der Waals surface area (Å²) < 4.78 is 6.00. The van der Waals surface area contributed by atoms with Gasteiger partial charge in [0.2, 0.25) is 0 Å². The molecule has 27 heavy (non-hydrogen) atoms. The number of rotatable bonds is 7. The molecule has 1 heterocycles. The van der Waals surface area contributed by atoms with Crippen LogP contribution in [0.15, 0.2) is 48.5 Å². The van der Waals surface area contributed by atoms with E-state index >= 15 is 0 Å². The summed E-state index contributed by atoms with van der Waals surface area (Å²) in [5, 5.41) is 10.6. The molecular formula is C21H24N4O2. The lowest BCUT2D eigenvalue weighted by atomic mass is 10.0. The average molecular weight is 364 g/mol. The molecule has 2 aromatic carbocycles. The Morgan fingerprint density at radius 2 is 1.93 bits per heavy atom. The minimum Gasteiger partial charge on any atom is -0.487 e. The van der Waals surface area contributed by atoms with Crippen molar-refractivity contribution in [3.05, 3.63) is 76.6 Å². The lowest BCUT2D eigenvalue weighted by molar-refractivity contribution is 0.100. The zero-order valence-electron chi connectivity index (χ0n) is 15.7. The van der Waals surface area contributed by atoms with Gasteiger partial charge in [0.05, 0.1) is 23.0 Å². The molecule has 6 heteroatoms. The molecule has 0 saturated heterocycles. The van der Waals surface area contributed by atoms with Crippen molar-refractivity contribution >= 4 is 11.6 Å². The van der Waals surface area contributed by atoms with Gasteiger partial charge in [0.15, 0.2) is 0 Å². The standard InChI is InChI=1S/C21H24N4O2/c1-13(19-14(2)24-25-15(19)3)23-20-17(21(22)26)10-7-11-18(20)27-12-16-8-5-4-6-9-16/h4-11,13,23H,12H2,1-3H3,(H2,22,26)(H,24,25). The molecule has 1 atom stereocenters. The highest BCUT2D eigenvalue weighted by Crippen LogP contribution is 2.33. The van der Waals surface area contributed by atoms with Crippen molar-refractivity contribution in [2.75, 3.05) is 5.32 Å². The van der Waals surface area contributed by atoms with Crippen LogP contribution in [0, 0.1) is 13.8 Å². The molecule has 1 aromatic heterocycles. The molecule has 0 bridgehead atoms. The molecule has 0 aliphatic rings. The SMILES string of the molecule is Cc1n[nH]c(C)c1C(C)Nc1c(OCc2ccccc2)cccc1C(N)=O. The number of benzene rings is 2. The second-order valence-electron chi connectivity index (χ2n) is 6.53. The van der Waals surface area contributed by atoms with Crippen LogP contribution in [0.2, 0.25) is 0 Å². The molecule has 4 N–H and O–H groups in total. The Bertz CT molecular complexity index is 915. The largest absolute Gasteiger partial charge is 0.487 e. The number of ether oxygens (including phenoxy) is 1. The first-order valence-corrected chi connectivity index (χ1v) is 8.85. The van der Waals surface area contributed by atoms with Crippen molar-refractivity contribution in [1.82, 2.24) is 10.2 Å². The maximum Gasteiger partial charge on any atom is 0.250 e. The highest BCUT2D eigenvalue weighted by atomic mass is 16.5. The molecule has 0 fully saturated rings. The normalized spacial score (nSPS) is 11.8. The van der Waals surface area contributed by atoms with Gasteiger partial charge >= 0.3 is 0 Å². The van der Waals surface area contributed by atoms with E-state index in [-0.39, 0.29) is 6.04 Å². The molecule has 0 aliphatic carbocycles. The lowest BCUT2D eigenvalue weighted by Crippen LogP contribution is -2.17. The number of para-hydroxylation sites is 1. The van der Waals surface area contributed by atoms with Crippen LogP contribution in [-0.2, 0) is 6.61 Å². The second-order valence-corrected chi connectivity index (χ2v) is 6.53. The van der Waals surface area contributed by atoms with E-state index in [0.29, 0.717) is 23.6 Å². The highest BCUT2D eigenvalue weighted by Gasteiger charge is 2.20.